The van der Waals surface area contributed by atoms with Gasteiger partial charge in [-0.15, -0.1) is 0 Å². The number of unbranched alkanes of at least 4 members (excludes halogenated alkanes) is 8. The van der Waals surface area contributed by atoms with Crippen molar-refractivity contribution >= 4 is 11.9 Å². The van der Waals surface area contributed by atoms with E-state index < -0.39 is 85.6 Å². The second-order valence-corrected chi connectivity index (χ2v) is 12.6. The van der Waals surface area contributed by atoms with E-state index in [-0.39, 0.29) is 12.8 Å². The van der Waals surface area contributed by atoms with Gasteiger partial charge in [-0.3, -0.25) is 9.59 Å². The van der Waals surface area contributed by atoms with Crippen LogP contribution in [0.2, 0.25) is 0 Å². The molecule has 0 radical (unpaired) electrons. The normalized spacial score (nSPS) is 33.4. The van der Waals surface area contributed by atoms with E-state index in [0.29, 0.717) is 12.8 Å². The van der Waals surface area contributed by atoms with Crippen LogP contribution < -0.4 is 0 Å². The van der Waals surface area contributed by atoms with Gasteiger partial charge in [0.1, 0.15) is 42.7 Å². The number of ether oxygens (including phenoxy) is 5. The van der Waals surface area contributed by atoms with Gasteiger partial charge in [-0.1, -0.05) is 71.6 Å². The van der Waals surface area contributed by atoms with Crippen molar-refractivity contribution < 1.29 is 63.9 Å². The predicted octanol–water partition coefficient (Wildman–Crippen LogP) is 2.55. The number of aliphatic carboxylic acids is 1. The first kappa shape index (κ1) is 39.8. The fourth-order valence-electron chi connectivity index (χ4n) is 5.71. The molecule has 2 fully saturated rings. The second kappa shape index (κ2) is 20.7. The number of aliphatic hydroxyl groups excluding tert-OH is 5. The van der Waals surface area contributed by atoms with Crippen molar-refractivity contribution in [2.75, 3.05) is 0 Å². The molecule has 6 N–H and O–H groups in total. The van der Waals surface area contributed by atoms with Gasteiger partial charge < -0.3 is 54.3 Å². The van der Waals surface area contributed by atoms with Gasteiger partial charge in [0.15, 0.2) is 12.6 Å². The van der Waals surface area contributed by atoms with Gasteiger partial charge in [-0.05, 0) is 33.1 Å². The fourth-order valence-corrected chi connectivity index (χ4v) is 5.71. The van der Waals surface area contributed by atoms with E-state index in [0.717, 1.165) is 64.2 Å². The van der Waals surface area contributed by atoms with E-state index in [1.807, 2.05) is 0 Å². The summed E-state index contributed by atoms with van der Waals surface area (Å²) >= 11 is 0. The maximum atomic E-state index is 13.1. The maximum Gasteiger partial charge on any atom is 0.308 e. The molecule has 2 aliphatic heterocycles. The highest BCUT2D eigenvalue weighted by atomic mass is 16.8. The molecule has 12 atom stereocenters. The third kappa shape index (κ3) is 13.3. The summed E-state index contributed by atoms with van der Waals surface area (Å²) in [6.07, 6.45) is -5.07. The number of esters is 1. The highest BCUT2D eigenvalue weighted by molar-refractivity contribution is 5.72. The van der Waals surface area contributed by atoms with Gasteiger partial charge in [0.25, 0.3) is 0 Å². The standard InChI is InChI=1S/C32H58O13/c1-5-7-9-11-13-15-21(17-23(33)34)43-24(35)18-22(16-14-12-10-8-6-2)44-32-30(28(39)26(37)20(4)42-32)45-31-29(40)27(38)25(36)19(3)41-31/h19-22,25-32,36-40H,5-18H2,1-4H3,(H,33,34)/t19?,20?,21?,22?,25-,26-,27-,28-,29?,30?,31-,32-/m0/s1. The summed E-state index contributed by atoms with van der Waals surface area (Å²) in [5.41, 5.74) is 0. The van der Waals surface area contributed by atoms with Crippen molar-refractivity contribution in [2.24, 2.45) is 0 Å². The predicted molar refractivity (Wildman–Crippen MR) is 162 cm³/mol. The minimum atomic E-state index is -1.67. The first-order valence-corrected chi connectivity index (χ1v) is 16.8. The second-order valence-electron chi connectivity index (χ2n) is 12.6. The Labute approximate surface area is 267 Å². The Kier molecular flexibility index (Phi) is 18.3. The molecule has 45 heavy (non-hydrogen) atoms. The molecule has 2 rings (SSSR count). The summed E-state index contributed by atoms with van der Waals surface area (Å²) in [5, 5.41) is 61.7. The van der Waals surface area contributed by atoms with Gasteiger partial charge in [-0.25, -0.2) is 0 Å². The number of rotatable bonds is 21. The number of carboxylic acids is 1. The summed E-state index contributed by atoms with van der Waals surface area (Å²) in [7, 11) is 0. The minimum absolute atomic E-state index is 0.205. The Morgan fingerprint density at radius 1 is 0.644 bits per heavy atom. The van der Waals surface area contributed by atoms with Gasteiger partial charge in [0.05, 0.1) is 31.2 Å². The monoisotopic (exact) mass is 650 g/mol. The highest BCUT2D eigenvalue weighted by Gasteiger charge is 2.50. The van der Waals surface area contributed by atoms with Gasteiger partial charge >= 0.3 is 11.9 Å². The maximum absolute atomic E-state index is 13.1. The van der Waals surface area contributed by atoms with Crippen molar-refractivity contribution in [3.63, 3.8) is 0 Å². The van der Waals surface area contributed by atoms with Crippen LogP contribution in [0.5, 0.6) is 0 Å². The van der Waals surface area contributed by atoms with Crippen LogP contribution >= 0.6 is 0 Å². The van der Waals surface area contributed by atoms with Crippen LogP contribution in [0.25, 0.3) is 0 Å². The molecule has 0 spiro atoms. The molecule has 0 saturated carbocycles. The smallest absolute Gasteiger partial charge is 0.308 e. The largest absolute Gasteiger partial charge is 0.481 e. The third-order valence-electron chi connectivity index (χ3n) is 8.56. The average molecular weight is 651 g/mol. The lowest BCUT2D eigenvalue weighted by atomic mass is 9.97. The molecule has 0 bridgehead atoms. The zero-order chi connectivity index (χ0) is 33.5. The number of carboxylic acid groups (broad SMARTS) is 1. The number of hydrogen-bond acceptors (Lipinski definition) is 12. The van der Waals surface area contributed by atoms with Crippen LogP contribution in [0.3, 0.4) is 0 Å². The summed E-state index contributed by atoms with van der Waals surface area (Å²) in [6.45, 7) is 7.24. The quantitative estimate of drug-likeness (QED) is 0.0782. The molecular weight excluding hydrogens is 592 g/mol. The molecule has 0 aromatic heterocycles. The molecule has 0 aromatic rings. The van der Waals surface area contributed by atoms with Crippen LogP contribution in [-0.4, -0.2) is 116 Å². The van der Waals surface area contributed by atoms with E-state index in [1.54, 1.807) is 6.92 Å². The zero-order valence-corrected chi connectivity index (χ0v) is 27.4. The van der Waals surface area contributed by atoms with E-state index >= 15 is 0 Å². The molecule has 13 nitrogen and oxygen atoms in total. The van der Waals surface area contributed by atoms with Crippen molar-refractivity contribution in [2.45, 2.75) is 191 Å². The summed E-state index contributed by atoms with van der Waals surface area (Å²) in [5.74, 6) is -1.67. The first-order valence-electron chi connectivity index (χ1n) is 16.8. The van der Waals surface area contributed by atoms with E-state index in [1.165, 1.54) is 6.92 Å². The zero-order valence-electron chi connectivity index (χ0n) is 27.4. The Morgan fingerprint density at radius 3 is 1.71 bits per heavy atom. The minimum Gasteiger partial charge on any atom is -0.481 e. The molecule has 2 saturated heterocycles. The molecule has 2 aliphatic rings. The Bertz CT molecular complexity index is 844. The molecular formula is C32H58O13. The highest BCUT2D eigenvalue weighted by Crippen LogP contribution is 2.31. The van der Waals surface area contributed by atoms with E-state index in [9.17, 15) is 40.2 Å². The van der Waals surface area contributed by atoms with Gasteiger partial charge in [0.2, 0.25) is 0 Å². The van der Waals surface area contributed by atoms with Gasteiger partial charge in [0, 0.05) is 0 Å². The lowest BCUT2D eigenvalue weighted by Gasteiger charge is -2.46. The molecule has 2 heterocycles. The number of carbonyl (C=O) groups is 2. The third-order valence-corrected chi connectivity index (χ3v) is 8.56. The molecule has 13 heteroatoms. The SMILES string of the molecule is CCCCCCCC(CC(=O)O)OC(=O)CC(CCCCCCC)O[C@@H]1OC(C)[C@H](O)[C@H](O)C1O[C@@H]1OC(C)[C@H](O)[C@H](O)C1O. The van der Waals surface area contributed by atoms with Crippen LogP contribution in [0.1, 0.15) is 118 Å². The lowest BCUT2D eigenvalue weighted by Crippen LogP contribution is -2.63. The topological polar surface area (TPSA) is 202 Å². The van der Waals surface area contributed by atoms with Crippen molar-refractivity contribution in [1.29, 1.82) is 0 Å². The molecule has 0 aromatic carbocycles. The Morgan fingerprint density at radius 2 is 1.16 bits per heavy atom. The van der Waals surface area contributed by atoms with E-state index in [4.69, 9.17) is 23.7 Å². The fraction of sp³-hybridized carbons (Fsp3) is 0.938. The lowest BCUT2D eigenvalue weighted by molar-refractivity contribution is -0.366. The molecule has 0 aliphatic carbocycles. The van der Waals surface area contributed by atoms with Gasteiger partial charge in [-0.2, -0.15) is 0 Å². The summed E-state index contributed by atoms with van der Waals surface area (Å²) in [6, 6.07) is 0. The van der Waals surface area contributed by atoms with E-state index in [2.05, 4.69) is 13.8 Å². The number of hydrogen-bond donors (Lipinski definition) is 6. The van der Waals surface area contributed by atoms with Crippen molar-refractivity contribution in [3.8, 4) is 0 Å². The molecule has 264 valence electrons. The summed E-state index contributed by atoms with van der Waals surface area (Å²) < 4.78 is 29.1. The first-order chi connectivity index (χ1) is 21.4. The van der Waals surface area contributed by atoms with Crippen LogP contribution in [0, 0.1) is 0 Å². The van der Waals surface area contributed by atoms with Crippen LogP contribution in [0.4, 0.5) is 0 Å². The Hall–Kier alpha value is -1.42. The molecule has 0 amide bonds. The number of aliphatic hydroxyl groups is 5. The molecule has 6 unspecified atom stereocenters. The van der Waals surface area contributed by atoms with Crippen molar-refractivity contribution in [1.82, 2.24) is 0 Å². The summed E-state index contributed by atoms with van der Waals surface area (Å²) in [4.78, 5) is 24.6. The average Bonchev–Trinajstić information content (AvgIpc) is 2.98. The van der Waals surface area contributed by atoms with Crippen LogP contribution in [-0.2, 0) is 33.3 Å². The van der Waals surface area contributed by atoms with Crippen molar-refractivity contribution in [3.05, 3.63) is 0 Å². The Balaban J connectivity index is 2.16. The van der Waals surface area contributed by atoms with Crippen LogP contribution in [0.15, 0.2) is 0 Å². The number of carbonyl (C=O) groups excluding carboxylic acids is 1.